The zero-order chi connectivity index (χ0) is 24.8. The highest BCUT2D eigenvalue weighted by molar-refractivity contribution is 5.72. The van der Waals surface area contributed by atoms with E-state index in [1.54, 1.807) is 7.11 Å². The third-order valence-electron chi connectivity index (χ3n) is 6.60. The van der Waals surface area contributed by atoms with Gasteiger partial charge < -0.3 is 24.1 Å². The molecule has 184 valence electrons. The summed E-state index contributed by atoms with van der Waals surface area (Å²) in [4.78, 5) is 11.3. The van der Waals surface area contributed by atoms with E-state index in [0.29, 0.717) is 33.0 Å². The zero-order valence-corrected chi connectivity index (χ0v) is 20.5. The van der Waals surface area contributed by atoms with Crippen LogP contribution in [0.1, 0.15) is 28.7 Å². The predicted octanol–water partition coefficient (Wildman–Crippen LogP) is 5.32. The Morgan fingerprint density at radius 3 is 2.31 bits per heavy atom. The summed E-state index contributed by atoms with van der Waals surface area (Å²) in [5.41, 5.74) is 6.31. The molecule has 1 aliphatic rings. The number of carboxylic acid groups (broad SMARTS) is 1. The Labute approximate surface area is 206 Å². The maximum atomic E-state index is 11.3. The molecule has 3 aromatic rings. The summed E-state index contributed by atoms with van der Waals surface area (Å²) in [7, 11) is 1.66. The van der Waals surface area contributed by atoms with Gasteiger partial charge in [0, 0.05) is 7.11 Å². The molecule has 0 bridgehead atoms. The number of methoxy groups -OCH3 is 1. The zero-order valence-electron chi connectivity index (χ0n) is 20.5. The fourth-order valence-corrected chi connectivity index (χ4v) is 4.48. The molecule has 0 atom stereocenters. The molecule has 0 aromatic heterocycles. The smallest absolute Gasteiger partial charge is 0.304 e. The first-order valence-electron chi connectivity index (χ1n) is 11.8. The monoisotopic (exact) mass is 476 g/mol. The molecule has 0 unspecified atom stereocenters. The molecule has 6 nitrogen and oxygen atoms in total. The molecular weight excluding hydrogens is 444 g/mol. The van der Waals surface area contributed by atoms with Gasteiger partial charge in [0.05, 0.1) is 31.7 Å². The first-order chi connectivity index (χ1) is 16.9. The van der Waals surface area contributed by atoms with Crippen LogP contribution < -0.4 is 9.47 Å². The highest BCUT2D eigenvalue weighted by Crippen LogP contribution is 2.37. The van der Waals surface area contributed by atoms with Crippen LogP contribution >= 0.6 is 0 Å². The van der Waals surface area contributed by atoms with Gasteiger partial charge in [0.1, 0.15) is 24.7 Å². The largest absolute Gasteiger partial charge is 0.491 e. The van der Waals surface area contributed by atoms with E-state index < -0.39 is 11.4 Å². The van der Waals surface area contributed by atoms with Gasteiger partial charge in [-0.15, -0.1) is 0 Å². The minimum atomic E-state index is -0.813. The highest BCUT2D eigenvalue weighted by Gasteiger charge is 2.42. The Morgan fingerprint density at radius 2 is 1.69 bits per heavy atom. The van der Waals surface area contributed by atoms with Gasteiger partial charge in [-0.3, -0.25) is 4.79 Å². The topological polar surface area (TPSA) is 74.2 Å². The lowest BCUT2D eigenvalue weighted by Crippen LogP contribution is -2.48. The number of ether oxygens (including phenoxy) is 4. The first-order valence-corrected chi connectivity index (χ1v) is 11.8. The average molecular weight is 477 g/mol. The van der Waals surface area contributed by atoms with E-state index in [9.17, 15) is 9.90 Å². The van der Waals surface area contributed by atoms with Gasteiger partial charge in [-0.1, -0.05) is 36.4 Å². The highest BCUT2D eigenvalue weighted by atomic mass is 16.5. The summed E-state index contributed by atoms with van der Waals surface area (Å²) in [5.74, 6) is 0.771. The van der Waals surface area contributed by atoms with Gasteiger partial charge in [-0.05, 0) is 71.5 Å². The number of benzene rings is 3. The molecule has 35 heavy (non-hydrogen) atoms. The molecule has 0 radical (unpaired) electrons. The second-order valence-electron chi connectivity index (χ2n) is 9.06. The number of aliphatic carboxylic acids is 1. The van der Waals surface area contributed by atoms with E-state index in [2.05, 4.69) is 44.2 Å². The van der Waals surface area contributed by atoms with Crippen LogP contribution in [0.15, 0.2) is 60.7 Å². The van der Waals surface area contributed by atoms with Crippen molar-refractivity contribution in [1.29, 1.82) is 0 Å². The second kappa shape index (κ2) is 10.9. The van der Waals surface area contributed by atoms with E-state index in [-0.39, 0.29) is 6.42 Å². The van der Waals surface area contributed by atoms with Crippen LogP contribution in [0, 0.1) is 13.8 Å². The fourth-order valence-electron chi connectivity index (χ4n) is 4.48. The molecular formula is C29H32O6. The summed E-state index contributed by atoms with van der Waals surface area (Å²) >= 11 is 0. The van der Waals surface area contributed by atoms with Crippen LogP contribution in [0.4, 0.5) is 0 Å². The molecule has 0 aliphatic carbocycles. The van der Waals surface area contributed by atoms with Crippen LogP contribution in [-0.2, 0) is 26.3 Å². The van der Waals surface area contributed by atoms with Crippen molar-refractivity contribution in [2.75, 3.05) is 33.5 Å². The summed E-state index contributed by atoms with van der Waals surface area (Å²) < 4.78 is 22.2. The standard InChI is InChI=1S/C29H32O6/c1-20-15-25(34-14-13-32-3)11-12-26(20)27-6-4-5-22(21(27)2)17-35-24-9-7-23(8-10-24)29(16-28(30)31)18-33-19-29/h4-12,15H,13-14,16-19H2,1-3H3,(H,30,31). The van der Waals surface area contributed by atoms with Crippen molar-refractivity contribution in [3.05, 3.63) is 82.9 Å². The fraction of sp³-hybridized carbons (Fsp3) is 0.345. The van der Waals surface area contributed by atoms with Crippen molar-refractivity contribution >= 4 is 5.97 Å². The lowest BCUT2D eigenvalue weighted by atomic mass is 9.76. The van der Waals surface area contributed by atoms with Gasteiger partial charge >= 0.3 is 5.97 Å². The van der Waals surface area contributed by atoms with Crippen molar-refractivity contribution in [2.24, 2.45) is 0 Å². The summed E-state index contributed by atoms with van der Waals surface area (Å²) in [5, 5.41) is 9.25. The van der Waals surface area contributed by atoms with Crippen LogP contribution in [0.2, 0.25) is 0 Å². The molecule has 1 N–H and O–H groups in total. The van der Waals surface area contributed by atoms with Crippen LogP contribution in [0.3, 0.4) is 0 Å². The Hall–Kier alpha value is -3.35. The SMILES string of the molecule is COCCOc1ccc(-c2cccc(COc3ccc(C4(CC(=O)O)COC4)cc3)c2C)c(C)c1. The average Bonchev–Trinajstić information content (AvgIpc) is 2.82. The Bertz CT molecular complexity index is 1160. The molecule has 3 aromatic carbocycles. The maximum absolute atomic E-state index is 11.3. The number of aryl methyl sites for hydroxylation is 1. The first kappa shape index (κ1) is 24.8. The van der Waals surface area contributed by atoms with Crippen molar-refractivity contribution in [3.8, 4) is 22.6 Å². The lowest BCUT2D eigenvalue weighted by molar-refractivity contribution is -0.145. The quantitative estimate of drug-likeness (QED) is 0.378. The number of carboxylic acids is 1. The van der Waals surface area contributed by atoms with Crippen molar-refractivity contribution in [2.45, 2.75) is 32.3 Å². The maximum Gasteiger partial charge on any atom is 0.304 e. The van der Waals surface area contributed by atoms with Crippen molar-refractivity contribution in [1.82, 2.24) is 0 Å². The molecule has 1 saturated heterocycles. The minimum Gasteiger partial charge on any atom is -0.491 e. The van der Waals surface area contributed by atoms with E-state index in [4.69, 9.17) is 18.9 Å². The predicted molar refractivity (Wildman–Crippen MR) is 134 cm³/mol. The molecule has 0 spiro atoms. The molecule has 0 saturated carbocycles. The number of hydrogen-bond donors (Lipinski definition) is 1. The van der Waals surface area contributed by atoms with Gasteiger partial charge in [0.25, 0.3) is 0 Å². The van der Waals surface area contributed by atoms with Crippen molar-refractivity contribution in [3.63, 3.8) is 0 Å². The Morgan fingerprint density at radius 1 is 0.943 bits per heavy atom. The van der Waals surface area contributed by atoms with E-state index in [1.807, 2.05) is 30.3 Å². The van der Waals surface area contributed by atoms with Gasteiger partial charge in [-0.25, -0.2) is 0 Å². The van der Waals surface area contributed by atoms with Gasteiger partial charge in [0.15, 0.2) is 0 Å². The minimum absolute atomic E-state index is 0.0683. The van der Waals surface area contributed by atoms with Crippen LogP contribution in [0.5, 0.6) is 11.5 Å². The van der Waals surface area contributed by atoms with Crippen molar-refractivity contribution < 1.29 is 28.8 Å². The summed E-state index contributed by atoms with van der Waals surface area (Å²) in [6, 6.07) is 20.1. The summed E-state index contributed by atoms with van der Waals surface area (Å²) in [6.07, 6.45) is 0.0683. The second-order valence-corrected chi connectivity index (χ2v) is 9.06. The van der Waals surface area contributed by atoms with E-state index in [1.165, 1.54) is 16.7 Å². The molecule has 0 amide bonds. The molecule has 1 heterocycles. The van der Waals surface area contributed by atoms with E-state index in [0.717, 1.165) is 28.2 Å². The molecule has 1 aliphatic heterocycles. The lowest BCUT2D eigenvalue weighted by Gasteiger charge is -2.40. The van der Waals surface area contributed by atoms with Crippen LogP contribution in [0.25, 0.3) is 11.1 Å². The Kier molecular flexibility index (Phi) is 7.73. The van der Waals surface area contributed by atoms with Gasteiger partial charge in [0.2, 0.25) is 0 Å². The van der Waals surface area contributed by atoms with E-state index >= 15 is 0 Å². The van der Waals surface area contributed by atoms with Crippen LogP contribution in [-0.4, -0.2) is 44.6 Å². The number of carbonyl (C=O) groups is 1. The normalized spacial score (nSPS) is 14.3. The molecule has 4 rings (SSSR count). The number of rotatable bonds is 11. The van der Waals surface area contributed by atoms with Gasteiger partial charge in [-0.2, -0.15) is 0 Å². The number of hydrogen-bond acceptors (Lipinski definition) is 5. The third kappa shape index (κ3) is 5.66. The third-order valence-corrected chi connectivity index (χ3v) is 6.60. The summed E-state index contributed by atoms with van der Waals surface area (Å²) in [6.45, 7) is 6.60. The Balaban J connectivity index is 1.45. The molecule has 1 fully saturated rings. The molecule has 6 heteroatoms.